The summed E-state index contributed by atoms with van der Waals surface area (Å²) < 4.78 is 25.2. The van der Waals surface area contributed by atoms with Gasteiger partial charge in [0.1, 0.15) is 17.2 Å². The van der Waals surface area contributed by atoms with Crippen molar-refractivity contribution < 1.29 is 23.7 Å². The molecule has 8 nitrogen and oxygen atoms in total. The highest BCUT2D eigenvalue weighted by Gasteiger charge is 2.33. The average Bonchev–Trinajstić information content (AvgIpc) is 3.19. The summed E-state index contributed by atoms with van der Waals surface area (Å²) in [6.45, 7) is 10.1. The van der Waals surface area contributed by atoms with Gasteiger partial charge in [0, 0.05) is 11.6 Å². The number of methoxy groups -OCH3 is 1. The zero-order valence-corrected chi connectivity index (χ0v) is 25.1. The topological polar surface area (TPSA) is 88.3 Å². The first kappa shape index (κ1) is 28.6. The van der Waals surface area contributed by atoms with Gasteiger partial charge in [-0.25, -0.2) is 9.79 Å². The Balaban J connectivity index is 1.93. The van der Waals surface area contributed by atoms with Crippen LogP contribution >= 0.6 is 27.3 Å². The van der Waals surface area contributed by atoms with Crippen molar-refractivity contribution in [2.75, 3.05) is 20.3 Å². The van der Waals surface area contributed by atoms with Crippen molar-refractivity contribution in [3.05, 3.63) is 83.0 Å². The van der Waals surface area contributed by atoms with Crippen LogP contribution in [-0.4, -0.2) is 37.0 Å². The molecule has 0 spiro atoms. The van der Waals surface area contributed by atoms with E-state index >= 15 is 0 Å². The lowest BCUT2D eigenvalue weighted by Gasteiger charge is -2.25. The number of halogens is 1. The predicted molar refractivity (Wildman–Crippen MR) is 154 cm³/mol. The number of carbonyl (C=O) groups is 1. The third-order valence-electron chi connectivity index (χ3n) is 5.97. The lowest BCUT2D eigenvalue weighted by molar-refractivity contribution is -0.143. The first-order valence-electron chi connectivity index (χ1n) is 12.6. The van der Waals surface area contributed by atoms with E-state index in [4.69, 9.17) is 18.9 Å². The predicted octanol–water partition coefficient (Wildman–Crippen LogP) is 4.76. The van der Waals surface area contributed by atoms with Gasteiger partial charge in [0.05, 0.1) is 52.7 Å². The highest BCUT2D eigenvalue weighted by molar-refractivity contribution is 9.10. The Hall–Kier alpha value is -3.37. The van der Waals surface area contributed by atoms with Crippen LogP contribution in [0.5, 0.6) is 17.2 Å². The first-order valence-corrected chi connectivity index (χ1v) is 14.3. The van der Waals surface area contributed by atoms with Gasteiger partial charge in [-0.1, -0.05) is 23.5 Å². The SMILES string of the molecule is CCOc1cc(OCC)c(/C=c2\sc3n(c2=O)[C@H](c2ccc(OC)cc2)C(C(=O)OC(C)C)=C(C)N=3)cc1Br. The number of hydrogen-bond acceptors (Lipinski definition) is 8. The molecule has 0 amide bonds. The van der Waals surface area contributed by atoms with Gasteiger partial charge in [-0.3, -0.25) is 9.36 Å². The largest absolute Gasteiger partial charge is 0.497 e. The summed E-state index contributed by atoms with van der Waals surface area (Å²) in [5, 5.41) is 0. The van der Waals surface area contributed by atoms with E-state index in [0.717, 1.165) is 10.0 Å². The lowest BCUT2D eigenvalue weighted by Crippen LogP contribution is -2.40. The van der Waals surface area contributed by atoms with E-state index in [0.29, 0.717) is 56.6 Å². The number of carbonyl (C=O) groups excluding carboxylic acids is 1. The summed E-state index contributed by atoms with van der Waals surface area (Å²) >= 11 is 4.81. The van der Waals surface area contributed by atoms with Gasteiger partial charge in [-0.05, 0) is 80.4 Å². The minimum absolute atomic E-state index is 0.269. The van der Waals surface area contributed by atoms with Gasteiger partial charge >= 0.3 is 5.97 Å². The summed E-state index contributed by atoms with van der Waals surface area (Å²) in [5.41, 5.74) is 2.02. The molecule has 3 aromatic rings. The van der Waals surface area contributed by atoms with Gasteiger partial charge in [-0.2, -0.15) is 0 Å². The summed E-state index contributed by atoms with van der Waals surface area (Å²) in [6, 6.07) is 10.3. The molecular formula is C29H31BrN2O6S. The van der Waals surface area contributed by atoms with E-state index in [1.165, 1.54) is 11.3 Å². The third-order valence-corrected chi connectivity index (χ3v) is 7.57. The Labute approximate surface area is 239 Å². The molecule has 0 bridgehead atoms. The maximum absolute atomic E-state index is 14.0. The molecule has 0 N–H and O–H groups in total. The fourth-order valence-electron chi connectivity index (χ4n) is 4.31. The number of allylic oxidation sites excluding steroid dienone is 1. The van der Waals surface area contributed by atoms with Crippen LogP contribution in [0.25, 0.3) is 6.08 Å². The molecule has 1 aliphatic heterocycles. The molecule has 10 heteroatoms. The zero-order chi connectivity index (χ0) is 28.3. The van der Waals surface area contributed by atoms with Gasteiger partial charge in [0.15, 0.2) is 4.80 Å². The highest BCUT2D eigenvalue weighted by Crippen LogP contribution is 2.34. The number of ether oxygens (including phenoxy) is 4. The number of hydrogen-bond donors (Lipinski definition) is 0. The van der Waals surface area contributed by atoms with Crippen molar-refractivity contribution >= 4 is 39.3 Å². The van der Waals surface area contributed by atoms with Gasteiger partial charge in [0.25, 0.3) is 5.56 Å². The molecule has 39 heavy (non-hydrogen) atoms. The molecule has 0 radical (unpaired) electrons. The van der Waals surface area contributed by atoms with Crippen LogP contribution in [-0.2, 0) is 9.53 Å². The van der Waals surface area contributed by atoms with Crippen LogP contribution in [0.3, 0.4) is 0 Å². The molecule has 2 aromatic carbocycles. The fraction of sp³-hybridized carbons (Fsp3) is 0.345. The smallest absolute Gasteiger partial charge is 0.338 e. The van der Waals surface area contributed by atoms with Gasteiger partial charge in [0.2, 0.25) is 0 Å². The second-order valence-electron chi connectivity index (χ2n) is 9.00. The van der Waals surface area contributed by atoms with E-state index in [9.17, 15) is 9.59 Å². The molecule has 206 valence electrons. The van der Waals surface area contributed by atoms with Crippen molar-refractivity contribution in [1.29, 1.82) is 0 Å². The number of nitrogens with zero attached hydrogens (tertiary/aromatic N) is 2. The van der Waals surface area contributed by atoms with E-state index in [-0.39, 0.29) is 11.7 Å². The number of fused-ring (bicyclic) bond motifs is 1. The second-order valence-corrected chi connectivity index (χ2v) is 10.9. The second kappa shape index (κ2) is 12.2. The maximum Gasteiger partial charge on any atom is 0.338 e. The Morgan fingerprint density at radius 1 is 1.13 bits per heavy atom. The standard InChI is InChI=1S/C29H31BrN2O6S/c1-7-36-22-15-23(37-8-2)21(30)13-19(22)14-24-27(33)32-26(18-9-11-20(35-6)12-10-18)25(28(34)38-16(3)4)17(5)31-29(32)39-24/h9-16,26H,7-8H2,1-6H3/b24-14-/t26-/m1/s1. The number of benzene rings is 2. The van der Waals surface area contributed by atoms with E-state index in [1.54, 1.807) is 50.7 Å². The van der Waals surface area contributed by atoms with Crippen molar-refractivity contribution in [1.82, 2.24) is 4.57 Å². The molecular weight excluding hydrogens is 584 g/mol. The number of aromatic nitrogens is 1. The molecule has 0 saturated heterocycles. The minimum atomic E-state index is -0.709. The van der Waals surface area contributed by atoms with E-state index < -0.39 is 12.0 Å². The monoisotopic (exact) mass is 614 g/mol. The summed E-state index contributed by atoms with van der Waals surface area (Å²) in [6.07, 6.45) is 1.46. The maximum atomic E-state index is 14.0. The van der Waals surface area contributed by atoms with Gasteiger partial charge in [-0.15, -0.1) is 0 Å². The van der Waals surface area contributed by atoms with E-state index in [1.807, 2.05) is 38.1 Å². The summed E-state index contributed by atoms with van der Waals surface area (Å²) in [5.74, 6) is 1.42. The quantitative estimate of drug-likeness (QED) is 0.323. The van der Waals surface area contributed by atoms with Crippen LogP contribution in [0.2, 0.25) is 0 Å². The zero-order valence-electron chi connectivity index (χ0n) is 22.7. The third kappa shape index (κ3) is 5.96. The highest BCUT2D eigenvalue weighted by atomic mass is 79.9. The van der Waals surface area contributed by atoms with Crippen LogP contribution in [0.4, 0.5) is 0 Å². The molecule has 1 aromatic heterocycles. The van der Waals surface area contributed by atoms with Crippen LogP contribution in [0.15, 0.2) is 61.9 Å². The Morgan fingerprint density at radius 2 is 1.79 bits per heavy atom. The van der Waals surface area contributed by atoms with Crippen molar-refractivity contribution in [3.8, 4) is 17.2 Å². The summed E-state index contributed by atoms with van der Waals surface area (Å²) in [4.78, 5) is 32.4. The molecule has 0 saturated carbocycles. The molecule has 0 fully saturated rings. The van der Waals surface area contributed by atoms with Crippen molar-refractivity contribution in [2.45, 2.75) is 46.8 Å². The number of rotatable bonds is 9. The van der Waals surface area contributed by atoms with Crippen LogP contribution < -0.4 is 29.1 Å². The number of thiazole rings is 1. The molecule has 1 aliphatic rings. The van der Waals surface area contributed by atoms with Crippen molar-refractivity contribution in [2.24, 2.45) is 4.99 Å². The van der Waals surface area contributed by atoms with Gasteiger partial charge < -0.3 is 18.9 Å². The van der Waals surface area contributed by atoms with Crippen molar-refractivity contribution in [3.63, 3.8) is 0 Å². The molecule has 0 aliphatic carbocycles. The summed E-state index contributed by atoms with van der Waals surface area (Å²) in [7, 11) is 1.59. The fourth-order valence-corrected chi connectivity index (χ4v) is 5.83. The normalized spacial score (nSPS) is 15.2. The van der Waals surface area contributed by atoms with Crippen LogP contribution in [0, 0.1) is 0 Å². The Morgan fingerprint density at radius 3 is 2.41 bits per heavy atom. The molecule has 4 rings (SSSR count). The Bertz CT molecular complexity index is 1590. The Kier molecular flexibility index (Phi) is 8.97. The molecule has 2 heterocycles. The van der Waals surface area contributed by atoms with E-state index in [2.05, 4.69) is 20.9 Å². The average molecular weight is 616 g/mol. The first-order chi connectivity index (χ1) is 18.7. The lowest BCUT2D eigenvalue weighted by atomic mass is 9.96. The van der Waals surface area contributed by atoms with Crippen LogP contribution in [0.1, 0.15) is 51.8 Å². The minimum Gasteiger partial charge on any atom is -0.497 e. The molecule has 0 unspecified atom stereocenters. The number of esters is 1. The molecule has 1 atom stereocenters.